The molecule has 0 N–H and O–H groups in total. The monoisotopic (exact) mass is 439 g/mol. The Balaban J connectivity index is 1.26. The van der Waals surface area contributed by atoms with Gasteiger partial charge in [0.15, 0.2) is 0 Å². The molecule has 1 saturated heterocycles. The van der Waals surface area contributed by atoms with Crippen LogP contribution >= 0.6 is 24.0 Å². The summed E-state index contributed by atoms with van der Waals surface area (Å²) in [5.41, 5.74) is 3.49. The molecular formula is C23H25N3O2S2. The third kappa shape index (κ3) is 3.48. The second-order valence-electron chi connectivity index (χ2n) is 8.50. The summed E-state index contributed by atoms with van der Waals surface area (Å²) in [5.74, 6) is 0.870. The zero-order chi connectivity index (χ0) is 20.8. The number of fused-ring (bicyclic) bond motifs is 5. The zero-order valence-corrected chi connectivity index (χ0v) is 18.6. The van der Waals surface area contributed by atoms with Gasteiger partial charge in [0.2, 0.25) is 5.91 Å². The number of amides is 1. The summed E-state index contributed by atoms with van der Waals surface area (Å²) >= 11 is 7.27. The van der Waals surface area contributed by atoms with Crippen LogP contribution in [0.4, 0.5) is 5.69 Å². The third-order valence-electron chi connectivity index (χ3n) is 6.52. The van der Waals surface area contributed by atoms with Gasteiger partial charge in [-0.05, 0) is 43.4 Å². The van der Waals surface area contributed by atoms with Gasteiger partial charge in [0.25, 0.3) is 5.56 Å². The van der Waals surface area contributed by atoms with E-state index >= 15 is 0 Å². The van der Waals surface area contributed by atoms with E-state index in [1.807, 2.05) is 40.7 Å². The first-order valence-electron chi connectivity index (χ1n) is 10.6. The Kier molecular flexibility index (Phi) is 5.19. The van der Waals surface area contributed by atoms with Gasteiger partial charge in [0, 0.05) is 49.5 Å². The number of anilines is 1. The highest BCUT2D eigenvalue weighted by Crippen LogP contribution is 2.37. The van der Waals surface area contributed by atoms with Gasteiger partial charge in [-0.25, -0.2) is 0 Å². The van der Waals surface area contributed by atoms with Gasteiger partial charge in [-0.2, -0.15) is 0 Å². The first-order valence-corrected chi connectivity index (χ1v) is 11.8. The van der Waals surface area contributed by atoms with Crippen molar-refractivity contribution in [1.29, 1.82) is 0 Å². The maximum absolute atomic E-state index is 13.1. The SMILES string of the molecule is C[C@@H](SC(=S)N1C[C@@H]2C[C@@H](C1)c1cccc(=O)n1C2)C(=O)N1CCc2ccccc21. The van der Waals surface area contributed by atoms with Crippen LogP contribution in [0.15, 0.2) is 47.3 Å². The molecule has 7 heteroatoms. The molecule has 0 radical (unpaired) electrons. The van der Waals surface area contributed by atoms with Crippen LogP contribution < -0.4 is 10.5 Å². The van der Waals surface area contributed by atoms with Gasteiger partial charge in [0.05, 0.1) is 5.25 Å². The molecule has 30 heavy (non-hydrogen) atoms. The van der Waals surface area contributed by atoms with Gasteiger partial charge in [-0.15, -0.1) is 0 Å². The van der Waals surface area contributed by atoms with Crippen LogP contribution in [-0.4, -0.2) is 44.6 Å². The second-order valence-corrected chi connectivity index (χ2v) is 10.5. The Hall–Kier alpha value is -2.12. The summed E-state index contributed by atoms with van der Waals surface area (Å²) in [6.07, 6.45) is 2.02. The lowest BCUT2D eigenvalue weighted by Gasteiger charge is -2.43. The number of benzene rings is 1. The number of nitrogens with zero attached hydrogens (tertiary/aromatic N) is 3. The number of hydrogen-bond donors (Lipinski definition) is 0. The molecule has 0 spiro atoms. The van der Waals surface area contributed by atoms with Crippen molar-refractivity contribution in [3.63, 3.8) is 0 Å². The first kappa shape index (κ1) is 19.8. The van der Waals surface area contributed by atoms with E-state index in [9.17, 15) is 9.59 Å². The number of thiocarbonyl (C=S) groups is 1. The highest BCUT2D eigenvalue weighted by atomic mass is 32.2. The van der Waals surface area contributed by atoms with Gasteiger partial charge in [-0.3, -0.25) is 9.59 Å². The quantitative estimate of drug-likeness (QED) is 0.672. The van der Waals surface area contributed by atoms with Crippen LogP contribution in [0.25, 0.3) is 0 Å². The molecular weight excluding hydrogens is 414 g/mol. The van der Waals surface area contributed by atoms with Gasteiger partial charge >= 0.3 is 0 Å². The maximum Gasteiger partial charge on any atom is 0.250 e. The topological polar surface area (TPSA) is 45.6 Å². The van der Waals surface area contributed by atoms with E-state index in [4.69, 9.17) is 12.2 Å². The Morgan fingerprint density at radius 1 is 1.13 bits per heavy atom. The molecule has 3 aliphatic rings. The van der Waals surface area contributed by atoms with Crippen molar-refractivity contribution in [1.82, 2.24) is 9.47 Å². The number of thioether (sulfide) groups is 1. The van der Waals surface area contributed by atoms with Gasteiger partial charge < -0.3 is 14.4 Å². The van der Waals surface area contributed by atoms with Crippen molar-refractivity contribution >= 4 is 39.9 Å². The Morgan fingerprint density at radius 2 is 1.97 bits per heavy atom. The van der Waals surface area contributed by atoms with Crippen molar-refractivity contribution in [2.24, 2.45) is 5.92 Å². The Labute approximate surface area is 186 Å². The number of pyridine rings is 1. The predicted molar refractivity (Wildman–Crippen MR) is 125 cm³/mol. The lowest BCUT2D eigenvalue weighted by Crippen LogP contribution is -2.48. The van der Waals surface area contributed by atoms with Crippen LogP contribution in [0.1, 0.15) is 30.5 Å². The van der Waals surface area contributed by atoms with Crippen molar-refractivity contribution in [2.45, 2.75) is 37.5 Å². The molecule has 0 saturated carbocycles. The third-order valence-corrected chi connectivity index (χ3v) is 8.08. The normalized spacial score (nSPS) is 23.0. The molecule has 3 atom stereocenters. The number of aromatic nitrogens is 1. The molecule has 0 aliphatic carbocycles. The molecule has 1 aromatic heterocycles. The van der Waals surface area contributed by atoms with Crippen molar-refractivity contribution in [3.8, 4) is 0 Å². The largest absolute Gasteiger partial charge is 0.356 e. The number of rotatable bonds is 2. The molecule has 1 fully saturated rings. The van der Waals surface area contributed by atoms with Crippen LogP contribution in [0, 0.1) is 5.92 Å². The van der Waals surface area contributed by atoms with E-state index in [-0.39, 0.29) is 16.7 Å². The highest BCUT2D eigenvalue weighted by molar-refractivity contribution is 8.23. The van der Waals surface area contributed by atoms with Crippen LogP contribution in [0.3, 0.4) is 0 Å². The molecule has 1 amide bonds. The van der Waals surface area contributed by atoms with Crippen LogP contribution in [-0.2, 0) is 17.8 Å². The minimum Gasteiger partial charge on any atom is -0.356 e. The maximum atomic E-state index is 13.1. The van der Waals surface area contributed by atoms with Crippen molar-refractivity contribution in [3.05, 3.63) is 64.1 Å². The Bertz CT molecular complexity index is 1070. The van der Waals surface area contributed by atoms with Gasteiger partial charge in [-0.1, -0.05) is 48.2 Å². The fourth-order valence-electron chi connectivity index (χ4n) is 5.11. The number of piperidine rings is 1. The zero-order valence-electron chi connectivity index (χ0n) is 17.0. The molecule has 2 bridgehead atoms. The molecule has 5 rings (SSSR count). The highest BCUT2D eigenvalue weighted by Gasteiger charge is 2.36. The fourth-order valence-corrected chi connectivity index (χ4v) is 6.52. The number of para-hydroxylation sites is 1. The summed E-state index contributed by atoms with van der Waals surface area (Å²) in [6.45, 7) is 5.14. The lowest BCUT2D eigenvalue weighted by molar-refractivity contribution is -0.117. The number of likely N-dealkylation sites (tertiary alicyclic amines) is 1. The molecule has 156 valence electrons. The first-order chi connectivity index (χ1) is 14.5. The Morgan fingerprint density at radius 3 is 2.83 bits per heavy atom. The summed E-state index contributed by atoms with van der Waals surface area (Å²) in [5, 5.41) is -0.222. The molecule has 1 aromatic carbocycles. The van der Waals surface area contributed by atoms with Crippen LogP contribution in [0.5, 0.6) is 0 Å². The van der Waals surface area contributed by atoms with Crippen LogP contribution in [0.2, 0.25) is 0 Å². The molecule has 0 unspecified atom stereocenters. The van der Waals surface area contributed by atoms with Crippen molar-refractivity contribution in [2.75, 3.05) is 24.5 Å². The van der Waals surface area contributed by atoms with E-state index in [2.05, 4.69) is 17.0 Å². The smallest absolute Gasteiger partial charge is 0.250 e. The molecule has 3 aliphatic heterocycles. The fraction of sp³-hybridized carbons (Fsp3) is 0.435. The summed E-state index contributed by atoms with van der Waals surface area (Å²) < 4.78 is 2.73. The number of carbonyl (C=O) groups excluding carboxylic acids is 1. The molecule has 5 nitrogen and oxygen atoms in total. The average Bonchev–Trinajstić information content (AvgIpc) is 3.18. The minimum absolute atomic E-state index is 0.0951. The van der Waals surface area contributed by atoms with E-state index in [1.165, 1.54) is 17.3 Å². The number of hydrogen-bond acceptors (Lipinski definition) is 4. The summed E-state index contributed by atoms with van der Waals surface area (Å²) in [7, 11) is 0. The second kappa shape index (κ2) is 7.85. The van der Waals surface area contributed by atoms with E-state index in [1.54, 1.807) is 6.07 Å². The lowest BCUT2D eigenvalue weighted by atomic mass is 9.83. The summed E-state index contributed by atoms with van der Waals surface area (Å²) in [4.78, 5) is 29.5. The summed E-state index contributed by atoms with van der Waals surface area (Å²) in [6, 6.07) is 13.7. The van der Waals surface area contributed by atoms with E-state index in [0.717, 1.165) is 54.7 Å². The van der Waals surface area contributed by atoms with Gasteiger partial charge in [0.1, 0.15) is 4.32 Å². The van der Waals surface area contributed by atoms with E-state index < -0.39 is 0 Å². The van der Waals surface area contributed by atoms with E-state index in [0.29, 0.717) is 11.8 Å². The molecule has 4 heterocycles. The number of carbonyl (C=O) groups is 1. The van der Waals surface area contributed by atoms with Crippen molar-refractivity contribution < 1.29 is 4.79 Å². The average molecular weight is 440 g/mol. The standard InChI is InChI=1S/C23H25N3O2S2/c1-15(22(28)25-10-9-17-5-2-3-6-19(17)25)30-23(29)24-12-16-11-18(14-24)20-7-4-8-21(27)26(20)13-16/h2-8,15-16,18H,9-14H2,1H3/t15-,16+,18+/m1/s1. The predicted octanol–water partition coefficient (Wildman–Crippen LogP) is 3.26. The molecule has 2 aromatic rings. The minimum atomic E-state index is -0.222.